The summed E-state index contributed by atoms with van der Waals surface area (Å²) in [6, 6.07) is 0.420. The normalized spacial score (nSPS) is 12.4. The molecule has 0 saturated heterocycles. The Balaban J connectivity index is 2.35. The lowest BCUT2D eigenvalue weighted by atomic mass is 10.1. The van der Waals surface area contributed by atoms with Crippen molar-refractivity contribution in [3.8, 4) is 0 Å². The topological polar surface area (TPSA) is 39.1 Å². The first-order valence-electron chi connectivity index (χ1n) is 6.32. The molecule has 0 unspecified atom stereocenters. The highest BCUT2D eigenvalue weighted by Gasteiger charge is 2.16. The SMILES string of the molecule is CCOC(C)(C)CNCc1cnn(C(C)C)c1. The van der Waals surface area contributed by atoms with Crippen molar-refractivity contribution in [1.29, 1.82) is 0 Å². The Morgan fingerprint density at radius 2 is 2.18 bits per heavy atom. The third kappa shape index (κ3) is 4.88. The number of rotatable bonds is 7. The smallest absolute Gasteiger partial charge is 0.0750 e. The molecule has 4 nitrogen and oxygen atoms in total. The molecule has 0 spiro atoms. The Bertz CT molecular complexity index is 331. The minimum absolute atomic E-state index is 0.108. The van der Waals surface area contributed by atoms with Crippen molar-refractivity contribution < 1.29 is 4.74 Å². The van der Waals surface area contributed by atoms with E-state index >= 15 is 0 Å². The molecule has 1 N–H and O–H groups in total. The molecule has 0 aliphatic carbocycles. The third-order valence-corrected chi connectivity index (χ3v) is 2.60. The van der Waals surface area contributed by atoms with Gasteiger partial charge in [-0.1, -0.05) is 0 Å². The van der Waals surface area contributed by atoms with Gasteiger partial charge in [0.25, 0.3) is 0 Å². The van der Waals surface area contributed by atoms with Gasteiger partial charge in [0, 0.05) is 37.5 Å². The van der Waals surface area contributed by atoms with E-state index in [2.05, 4.69) is 44.3 Å². The summed E-state index contributed by atoms with van der Waals surface area (Å²) in [5.41, 5.74) is 1.11. The maximum absolute atomic E-state index is 5.63. The second-order valence-electron chi connectivity index (χ2n) is 5.22. The summed E-state index contributed by atoms with van der Waals surface area (Å²) in [6.45, 7) is 12.9. The Hall–Kier alpha value is -0.870. The Morgan fingerprint density at radius 1 is 1.47 bits per heavy atom. The van der Waals surface area contributed by atoms with Crippen LogP contribution in [0.25, 0.3) is 0 Å². The van der Waals surface area contributed by atoms with Gasteiger partial charge < -0.3 is 10.1 Å². The number of hydrogen-bond donors (Lipinski definition) is 1. The largest absolute Gasteiger partial charge is 0.375 e. The zero-order chi connectivity index (χ0) is 12.9. The molecule has 1 rings (SSSR count). The quantitative estimate of drug-likeness (QED) is 0.794. The lowest BCUT2D eigenvalue weighted by Gasteiger charge is -2.24. The van der Waals surface area contributed by atoms with Gasteiger partial charge in [-0.2, -0.15) is 5.10 Å². The summed E-state index contributed by atoms with van der Waals surface area (Å²) in [7, 11) is 0. The van der Waals surface area contributed by atoms with E-state index in [0.717, 1.165) is 19.7 Å². The van der Waals surface area contributed by atoms with E-state index < -0.39 is 0 Å². The summed E-state index contributed by atoms with van der Waals surface area (Å²) >= 11 is 0. The molecule has 0 aliphatic rings. The fourth-order valence-electron chi connectivity index (χ4n) is 1.70. The Morgan fingerprint density at radius 3 is 2.71 bits per heavy atom. The van der Waals surface area contributed by atoms with Crippen molar-refractivity contribution in [1.82, 2.24) is 15.1 Å². The van der Waals surface area contributed by atoms with Crippen LogP contribution in [0.2, 0.25) is 0 Å². The molecule has 1 aromatic rings. The molecule has 98 valence electrons. The van der Waals surface area contributed by atoms with Crippen molar-refractivity contribution in [2.24, 2.45) is 0 Å². The predicted molar refractivity (Wildman–Crippen MR) is 70.0 cm³/mol. The van der Waals surface area contributed by atoms with Gasteiger partial charge in [0.2, 0.25) is 0 Å². The van der Waals surface area contributed by atoms with Gasteiger partial charge in [0.15, 0.2) is 0 Å². The van der Waals surface area contributed by atoms with Crippen LogP contribution >= 0.6 is 0 Å². The molecule has 1 heterocycles. The molecule has 0 aromatic carbocycles. The van der Waals surface area contributed by atoms with Gasteiger partial charge in [-0.15, -0.1) is 0 Å². The van der Waals surface area contributed by atoms with Gasteiger partial charge in [-0.25, -0.2) is 0 Å². The van der Waals surface area contributed by atoms with Crippen LogP contribution < -0.4 is 5.32 Å². The molecule has 0 fully saturated rings. The predicted octanol–water partition coefficient (Wildman–Crippen LogP) is 2.37. The van der Waals surface area contributed by atoms with Crippen molar-refractivity contribution >= 4 is 0 Å². The van der Waals surface area contributed by atoms with Crippen LogP contribution in [-0.2, 0) is 11.3 Å². The van der Waals surface area contributed by atoms with E-state index in [1.165, 1.54) is 5.56 Å². The van der Waals surface area contributed by atoms with Crippen molar-refractivity contribution in [2.45, 2.75) is 52.8 Å². The summed E-state index contributed by atoms with van der Waals surface area (Å²) in [5, 5.41) is 7.71. The third-order valence-electron chi connectivity index (χ3n) is 2.60. The lowest BCUT2D eigenvalue weighted by Crippen LogP contribution is -2.37. The number of hydrogen-bond acceptors (Lipinski definition) is 3. The molecule has 17 heavy (non-hydrogen) atoms. The van der Waals surface area contributed by atoms with E-state index in [4.69, 9.17) is 4.74 Å². The van der Waals surface area contributed by atoms with E-state index in [1.807, 2.05) is 17.8 Å². The van der Waals surface area contributed by atoms with Gasteiger partial charge in [-0.3, -0.25) is 4.68 Å². The first kappa shape index (κ1) is 14.2. The standard InChI is InChI=1S/C13H25N3O/c1-6-17-13(4,5)10-14-7-12-8-15-16(9-12)11(2)3/h8-9,11,14H,6-7,10H2,1-5H3. The van der Waals surface area contributed by atoms with E-state index in [9.17, 15) is 0 Å². The van der Waals surface area contributed by atoms with Crippen LogP contribution in [0.5, 0.6) is 0 Å². The van der Waals surface area contributed by atoms with Crippen LogP contribution in [0.4, 0.5) is 0 Å². The maximum Gasteiger partial charge on any atom is 0.0750 e. The van der Waals surface area contributed by atoms with Gasteiger partial charge in [0.1, 0.15) is 0 Å². The molecular formula is C13H25N3O. The number of aromatic nitrogens is 2. The monoisotopic (exact) mass is 239 g/mol. The van der Waals surface area contributed by atoms with Gasteiger partial charge in [0.05, 0.1) is 11.8 Å². The van der Waals surface area contributed by atoms with E-state index in [-0.39, 0.29) is 5.60 Å². The minimum Gasteiger partial charge on any atom is -0.375 e. The zero-order valence-corrected chi connectivity index (χ0v) is 11.7. The second-order valence-corrected chi connectivity index (χ2v) is 5.22. The molecule has 0 aliphatic heterocycles. The summed E-state index contributed by atoms with van der Waals surface area (Å²) in [5.74, 6) is 0. The number of ether oxygens (including phenoxy) is 1. The summed E-state index contributed by atoms with van der Waals surface area (Å²) in [6.07, 6.45) is 4.01. The average molecular weight is 239 g/mol. The average Bonchev–Trinajstić information content (AvgIpc) is 2.66. The fourth-order valence-corrected chi connectivity index (χ4v) is 1.70. The van der Waals surface area contributed by atoms with E-state index in [1.54, 1.807) is 0 Å². The fraction of sp³-hybridized carbons (Fsp3) is 0.769. The summed E-state index contributed by atoms with van der Waals surface area (Å²) < 4.78 is 7.60. The molecule has 4 heteroatoms. The maximum atomic E-state index is 5.63. The van der Waals surface area contributed by atoms with Gasteiger partial charge in [-0.05, 0) is 34.6 Å². The molecule has 0 bridgehead atoms. The van der Waals surface area contributed by atoms with Crippen LogP contribution in [0.15, 0.2) is 12.4 Å². The van der Waals surface area contributed by atoms with Crippen LogP contribution in [-0.4, -0.2) is 28.5 Å². The molecule has 0 atom stereocenters. The van der Waals surface area contributed by atoms with Crippen molar-refractivity contribution in [3.63, 3.8) is 0 Å². The molecule has 0 amide bonds. The second kappa shape index (κ2) is 6.17. The first-order valence-corrected chi connectivity index (χ1v) is 6.32. The van der Waals surface area contributed by atoms with Crippen LogP contribution in [0.1, 0.15) is 46.2 Å². The Labute approximate surface area is 104 Å². The lowest BCUT2D eigenvalue weighted by molar-refractivity contribution is -0.00897. The molecule has 0 saturated carbocycles. The Kier molecular flexibility index (Phi) is 5.15. The molecular weight excluding hydrogens is 214 g/mol. The molecule has 0 radical (unpaired) electrons. The number of nitrogens with zero attached hydrogens (tertiary/aromatic N) is 2. The highest BCUT2D eigenvalue weighted by atomic mass is 16.5. The van der Waals surface area contributed by atoms with Crippen molar-refractivity contribution in [3.05, 3.63) is 18.0 Å². The first-order chi connectivity index (χ1) is 7.94. The van der Waals surface area contributed by atoms with E-state index in [0.29, 0.717) is 6.04 Å². The van der Waals surface area contributed by atoms with Crippen LogP contribution in [0, 0.1) is 0 Å². The summed E-state index contributed by atoms with van der Waals surface area (Å²) in [4.78, 5) is 0. The number of nitrogens with one attached hydrogen (secondary N) is 1. The minimum atomic E-state index is -0.108. The van der Waals surface area contributed by atoms with Gasteiger partial charge >= 0.3 is 0 Å². The highest BCUT2D eigenvalue weighted by molar-refractivity contribution is 5.03. The highest BCUT2D eigenvalue weighted by Crippen LogP contribution is 2.08. The molecule has 1 aromatic heterocycles. The van der Waals surface area contributed by atoms with Crippen molar-refractivity contribution in [2.75, 3.05) is 13.2 Å². The zero-order valence-electron chi connectivity index (χ0n) is 11.7. The van der Waals surface area contributed by atoms with Crippen LogP contribution in [0.3, 0.4) is 0 Å².